The summed E-state index contributed by atoms with van der Waals surface area (Å²) in [6.07, 6.45) is 0.423. The summed E-state index contributed by atoms with van der Waals surface area (Å²) in [5, 5.41) is 19.5. The first-order chi connectivity index (χ1) is 12.5. The Kier molecular flexibility index (Phi) is 3.76. The molecule has 0 aromatic heterocycles. The normalized spacial score (nSPS) is 13.2. The predicted molar refractivity (Wildman–Crippen MR) is 96.9 cm³/mol. The second-order valence-electron chi connectivity index (χ2n) is 6.45. The van der Waals surface area contributed by atoms with Crippen molar-refractivity contribution in [1.82, 2.24) is 0 Å². The van der Waals surface area contributed by atoms with Crippen LogP contribution in [-0.4, -0.2) is 10.2 Å². The molecule has 130 valence electrons. The molecule has 0 heterocycles. The van der Waals surface area contributed by atoms with E-state index in [4.69, 9.17) is 0 Å². The topological polar surface area (TPSA) is 40.5 Å². The third-order valence-electron chi connectivity index (χ3n) is 4.83. The van der Waals surface area contributed by atoms with Gasteiger partial charge in [0.1, 0.15) is 5.75 Å². The summed E-state index contributed by atoms with van der Waals surface area (Å²) in [5.74, 6) is -2.90. The van der Waals surface area contributed by atoms with Crippen molar-refractivity contribution in [2.45, 2.75) is 13.3 Å². The lowest BCUT2D eigenvalue weighted by Gasteiger charge is -2.11. The van der Waals surface area contributed by atoms with E-state index >= 15 is 0 Å². The summed E-state index contributed by atoms with van der Waals surface area (Å²) in [7, 11) is 0. The molecule has 0 aliphatic heterocycles. The minimum Gasteiger partial charge on any atom is -0.508 e. The number of phenolic OH excluding ortho intramolecular Hbond substituents is 2. The van der Waals surface area contributed by atoms with Crippen molar-refractivity contribution >= 4 is 11.1 Å². The first kappa shape index (κ1) is 16.3. The highest BCUT2D eigenvalue weighted by atomic mass is 19.2. The van der Waals surface area contributed by atoms with Gasteiger partial charge in [-0.1, -0.05) is 30.3 Å². The summed E-state index contributed by atoms with van der Waals surface area (Å²) >= 11 is 0. The van der Waals surface area contributed by atoms with Crippen LogP contribution in [0.1, 0.15) is 27.8 Å². The Labute approximate surface area is 149 Å². The molecule has 4 heteroatoms. The number of halogens is 2. The van der Waals surface area contributed by atoms with Crippen LogP contribution in [0.3, 0.4) is 0 Å². The third-order valence-corrected chi connectivity index (χ3v) is 4.83. The molecule has 0 unspecified atom stereocenters. The van der Waals surface area contributed by atoms with Gasteiger partial charge in [0, 0.05) is 5.56 Å². The third kappa shape index (κ3) is 2.46. The number of phenols is 2. The van der Waals surface area contributed by atoms with Gasteiger partial charge < -0.3 is 10.2 Å². The molecule has 3 aromatic carbocycles. The highest BCUT2D eigenvalue weighted by molar-refractivity contribution is 6.04. The molecule has 0 spiro atoms. The van der Waals surface area contributed by atoms with Crippen molar-refractivity contribution in [3.63, 3.8) is 0 Å². The Bertz CT molecular complexity index is 1050. The van der Waals surface area contributed by atoms with E-state index in [1.807, 2.05) is 37.3 Å². The van der Waals surface area contributed by atoms with Crippen LogP contribution in [0.25, 0.3) is 11.1 Å². The minimum absolute atomic E-state index is 0.120. The number of hydrogen-bond acceptors (Lipinski definition) is 2. The van der Waals surface area contributed by atoms with Crippen molar-refractivity contribution in [3.8, 4) is 11.5 Å². The number of benzene rings is 3. The summed E-state index contributed by atoms with van der Waals surface area (Å²) in [5.41, 5.74) is 5.07. The maximum absolute atomic E-state index is 14.6. The average molecular weight is 350 g/mol. The molecule has 2 nitrogen and oxygen atoms in total. The predicted octanol–water partition coefficient (Wildman–Crippen LogP) is 5.20. The van der Waals surface area contributed by atoms with Gasteiger partial charge in [-0.3, -0.25) is 0 Å². The summed E-state index contributed by atoms with van der Waals surface area (Å²) in [6.45, 7) is 1.89. The Morgan fingerprint density at radius 2 is 1.58 bits per heavy atom. The van der Waals surface area contributed by atoms with Crippen molar-refractivity contribution in [3.05, 3.63) is 94.0 Å². The smallest absolute Gasteiger partial charge is 0.200 e. The van der Waals surface area contributed by atoms with Crippen molar-refractivity contribution in [2.75, 3.05) is 0 Å². The molecular weight excluding hydrogens is 334 g/mol. The van der Waals surface area contributed by atoms with Crippen LogP contribution in [0.4, 0.5) is 8.78 Å². The van der Waals surface area contributed by atoms with Gasteiger partial charge in [0.15, 0.2) is 11.6 Å². The Morgan fingerprint density at radius 3 is 2.31 bits per heavy atom. The van der Waals surface area contributed by atoms with E-state index in [-0.39, 0.29) is 11.3 Å². The molecule has 1 aliphatic rings. The zero-order chi connectivity index (χ0) is 18.4. The molecular formula is C22H16F2O2. The van der Waals surface area contributed by atoms with E-state index in [1.54, 1.807) is 12.1 Å². The Hall–Kier alpha value is -3.14. The molecule has 26 heavy (non-hydrogen) atoms. The number of aryl methyl sites for hydroxylation is 1. The lowest BCUT2D eigenvalue weighted by Crippen LogP contribution is -1.96. The fourth-order valence-corrected chi connectivity index (χ4v) is 3.62. The van der Waals surface area contributed by atoms with Crippen LogP contribution in [-0.2, 0) is 6.42 Å². The standard InChI is InChI=1S/C22H16F2O2/c1-12-9-14(25)10-17-16(12)11-18(20(17)13-5-3-2-4-6-13)15-7-8-19(26)22(24)21(15)23/h2-10,25-26H,11H2,1H3. The van der Waals surface area contributed by atoms with Crippen molar-refractivity contribution in [1.29, 1.82) is 0 Å². The van der Waals surface area contributed by atoms with Crippen LogP contribution in [0.5, 0.6) is 11.5 Å². The van der Waals surface area contributed by atoms with Gasteiger partial charge in [-0.25, -0.2) is 4.39 Å². The van der Waals surface area contributed by atoms with E-state index in [9.17, 15) is 19.0 Å². The van der Waals surface area contributed by atoms with Gasteiger partial charge in [-0.15, -0.1) is 0 Å². The number of rotatable bonds is 2. The number of allylic oxidation sites excluding steroid dienone is 1. The molecule has 0 atom stereocenters. The van der Waals surface area contributed by atoms with Crippen LogP contribution in [0.15, 0.2) is 54.6 Å². The van der Waals surface area contributed by atoms with Crippen molar-refractivity contribution < 1.29 is 19.0 Å². The quantitative estimate of drug-likeness (QED) is 0.667. The molecule has 4 rings (SSSR count). The van der Waals surface area contributed by atoms with Gasteiger partial charge in [0.2, 0.25) is 5.82 Å². The van der Waals surface area contributed by atoms with Gasteiger partial charge in [0.25, 0.3) is 0 Å². The number of fused-ring (bicyclic) bond motifs is 1. The highest BCUT2D eigenvalue weighted by Gasteiger charge is 2.28. The maximum atomic E-state index is 14.6. The summed E-state index contributed by atoms with van der Waals surface area (Å²) in [4.78, 5) is 0. The van der Waals surface area contributed by atoms with Crippen LogP contribution in [0, 0.1) is 18.6 Å². The fraction of sp³-hybridized carbons (Fsp3) is 0.0909. The minimum atomic E-state index is -1.25. The van der Waals surface area contributed by atoms with Crippen LogP contribution >= 0.6 is 0 Å². The van der Waals surface area contributed by atoms with E-state index in [2.05, 4.69) is 0 Å². The zero-order valence-electron chi connectivity index (χ0n) is 14.1. The number of hydrogen-bond donors (Lipinski definition) is 2. The van der Waals surface area contributed by atoms with Gasteiger partial charge in [0.05, 0.1) is 0 Å². The lowest BCUT2D eigenvalue weighted by molar-refractivity contribution is 0.406. The molecule has 0 amide bonds. The molecule has 3 aromatic rings. The molecule has 0 bridgehead atoms. The van der Waals surface area contributed by atoms with Crippen LogP contribution < -0.4 is 0 Å². The maximum Gasteiger partial charge on any atom is 0.200 e. The highest BCUT2D eigenvalue weighted by Crippen LogP contribution is 2.45. The first-order valence-electron chi connectivity index (χ1n) is 8.26. The van der Waals surface area contributed by atoms with E-state index in [0.29, 0.717) is 12.0 Å². The SMILES string of the molecule is Cc1cc(O)cc2c1CC(c1ccc(O)c(F)c1F)=C2c1ccccc1. The first-order valence-corrected chi connectivity index (χ1v) is 8.26. The molecule has 1 aliphatic carbocycles. The van der Waals surface area contributed by atoms with Gasteiger partial charge in [-0.05, 0) is 71.0 Å². The Balaban J connectivity index is 2.04. The molecule has 2 N–H and O–H groups in total. The summed E-state index contributed by atoms with van der Waals surface area (Å²) in [6, 6.07) is 15.3. The molecule has 0 fully saturated rings. The van der Waals surface area contributed by atoms with Crippen molar-refractivity contribution in [2.24, 2.45) is 0 Å². The van der Waals surface area contributed by atoms with Gasteiger partial charge >= 0.3 is 0 Å². The average Bonchev–Trinajstić information content (AvgIpc) is 3.00. The monoisotopic (exact) mass is 350 g/mol. The molecule has 0 saturated carbocycles. The fourth-order valence-electron chi connectivity index (χ4n) is 3.62. The van der Waals surface area contributed by atoms with Crippen LogP contribution in [0.2, 0.25) is 0 Å². The van der Waals surface area contributed by atoms with E-state index in [1.165, 1.54) is 6.07 Å². The summed E-state index contributed by atoms with van der Waals surface area (Å²) < 4.78 is 28.5. The molecule has 0 saturated heterocycles. The zero-order valence-corrected chi connectivity index (χ0v) is 14.1. The van der Waals surface area contributed by atoms with E-state index in [0.717, 1.165) is 33.9 Å². The Morgan fingerprint density at radius 1 is 0.846 bits per heavy atom. The second kappa shape index (κ2) is 5.99. The lowest BCUT2D eigenvalue weighted by atomic mass is 9.94. The number of aromatic hydroxyl groups is 2. The molecule has 0 radical (unpaired) electrons. The second-order valence-corrected chi connectivity index (χ2v) is 6.45. The van der Waals surface area contributed by atoms with E-state index < -0.39 is 17.4 Å². The largest absolute Gasteiger partial charge is 0.508 e. The van der Waals surface area contributed by atoms with Gasteiger partial charge in [-0.2, -0.15) is 4.39 Å².